The van der Waals surface area contributed by atoms with Gasteiger partial charge in [-0.25, -0.2) is 0 Å². The molecule has 0 fully saturated rings. The second-order valence-electron chi connectivity index (χ2n) is 5.92. The Morgan fingerprint density at radius 3 is 1.95 bits per heavy atom. The van der Waals surface area contributed by atoms with Crippen molar-refractivity contribution in [3.63, 3.8) is 0 Å². The molecule has 1 heterocycles. The van der Waals surface area contributed by atoms with Crippen LogP contribution in [0.3, 0.4) is 0 Å². The van der Waals surface area contributed by atoms with Gasteiger partial charge >= 0.3 is 0 Å². The van der Waals surface area contributed by atoms with Gasteiger partial charge in [-0.3, -0.25) is 0 Å². The first-order chi connectivity index (χ1) is 9.61. The fourth-order valence-electron chi connectivity index (χ4n) is 2.42. The maximum absolute atomic E-state index is 3.65. The van der Waals surface area contributed by atoms with E-state index >= 15 is 0 Å². The lowest BCUT2D eigenvalue weighted by Gasteiger charge is -2.37. The molecule has 1 aliphatic rings. The standard InChI is InChI=1S/C17H18BrNS/c1-17(2,11-18)12-19-13-7-3-5-9-15(13)20-16-10-6-4-8-14(16)19/h3-10H,11-12H2,1-2H3. The van der Waals surface area contributed by atoms with E-state index in [9.17, 15) is 0 Å². The minimum atomic E-state index is 0.224. The zero-order valence-electron chi connectivity index (χ0n) is 11.8. The maximum atomic E-state index is 3.65. The van der Waals surface area contributed by atoms with Gasteiger partial charge in [0.2, 0.25) is 0 Å². The summed E-state index contributed by atoms with van der Waals surface area (Å²) in [5.41, 5.74) is 2.87. The summed E-state index contributed by atoms with van der Waals surface area (Å²) >= 11 is 5.51. The van der Waals surface area contributed by atoms with Crippen LogP contribution >= 0.6 is 27.7 Å². The lowest BCUT2D eigenvalue weighted by atomic mass is 9.95. The van der Waals surface area contributed by atoms with E-state index in [0.29, 0.717) is 0 Å². The Morgan fingerprint density at radius 2 is 1.45 bits per heavy atom. The van der Waals surface area contributed by atoms with E-state index in [4.69, 9.17) is 0 Å². The highest BCUT2D eigenvalue weighted by Gasteiger charge is 2.28. The van der Waals surface area contributed by atoms with Crippen molar-refractivity contribution in [1.82, 2.24) is 0 Å². The lowest BCUT2D eigenvalue weighted by Crippen LogP contribution is -2.33. The molecule has 0 bridgehead atoms. The first-order valence-electron chi connectivity index (χ1n) is 6.80. The molecule has 1 nitrogen and oxygen atoms in total. The summed E-state index contributed by atoms with van der Waals surface area (Å²) in [6, 6.07) is 17.4. The number of nitrogens with zero attached hydrogens (tertiary/aromatic N) is 1. The van der Waals surface area contributed by atoms with Crippen LogP contribution in [0.1, 0.15) is 13.8 Å². The van der Waals surface area contributed by atoms with Crippen LogP contribution in [0.15, 0.2) is 58.3 Å². The molecule has 0 aromatic heterocycles. The van der Waals surface area contributed by atoms with Crippen LogP contribution < -0.4 is 4.90 Å². The predicted molar refractivity (Wildman–Crippen MR) is 91.6 cm³/mol. The van der Waals surface area contributed by atoms with Crippen LogP contribution in [0, 0.1) is 5.41 Å². The van der Waals surface area contributed by atoms with Crippen molar-refractivity contribution in [2.75, 3.05) is 16.8 Å². The van der Waals surface area contributed by atoms with Crippen LogP contribution in [0.5, 0.6) is 0 Å². The highest BCUT2D eigenvalue weighted by molar-refractivity contribution is 9.09. The van der Waals surface area contributed by atoms with Gasteiger partial charge < -0.3 is 4.90 Å². The minimum absolute atomic E-state index is 0.224. The van der Waals surface area contributed by atoms with Gasteiger partial charge in [0.05, 0.1) is 11.4 Å². The van der Waals surface area contributed by atoms with Crippen LogP contribution in [-0.4, -0.2) is 11.9 Å². The van der Waals surface area contributed by atoms with Gasteiger partial charge in [0.15, 0.2) is 0 Å². The van der Waals surface area contributed by atoms with Gasteiger partial charge in [-0.2, -0.15) is 0 Å². The first kappa shape index (κ1) is 14.0. The SMILES string of the molecule is CC(C)(CBr)CN1c2ccccc2Sc2ccccc21. The zero-order valence-corrected chi connectivity index (χ0v) is 14.2. The summed E-state index contributed by atoms with van der Waals surface area (Å²) in [5.74, 6) is 0. The molecule has 2 aromatic carbocycles. The van der Waals surface area contributed by atoms with E-state index in [1.807, 2.05) is 11.8 Å². The van der Waals surface area contributed by atoms with Crippen molar-refractivity contribution >= 4 is 39.1 Å². The quantitative estimate of drug-likeness (QED) is 0.654. The van der Waals surface area contributed by atoms with E-state index in [2.05, 4.69) is 83.2 Å². The predicted octanol–water partition coefficient (Wildman–Crippen LogP) is 5.71. The van der Waals surface area contributed by atoms with Crippen LogP contribution in [0.25, 0.3) is 0 Å². The van der Waals surface area contributed by atoms with Crippen molar-refractivity contribution in [1.29, 1.82) is 0 Å². The molecule has 0 saturated carbocycles. The number of halogens is 1. The Kier molecular flexibility index (Phi) is 3.83. The van der Waals surface area contributed by atoms with Gasteiger partial charge in [0.1, 0.15) is 0 Å². The second kappa shape index (κ2) is 5.45. The van der Waals surface area contributed by atoms with E-state index < -0.39 is 0 Å². The number of alkyl halides is 1. The summed E-state index contributed by atoms with van der Waals surface area (Å²) in [5, 5.41) is 0.994. The molecule has 0 unspecified atom stereocenters. The average Bonchev–Trinajstić information content (AvgIpc) is 2.47. The van der Waals surface area contributed by atoms with Gasteiger partial charge in [0.25, 0.3) is 0 Å². The van der Waals surface area contributed by atoms with E-state index in [-0.39, 0.29) is 5.41 Å². The number of anilines is 2. The van der Waals surface area contributed by atoms with Crippen molar-refractivity contribution in [3.05, 3.63) is 48.5 Å². The number of benzene rings is 2. The van der Waals surface area contributed by atoms with E-state index in [1.54, 1.807) is 0 Å². The highest BCUT2D eigenvalue weighted by atomic mass is 79.9. The zero-order chi connectivity index (χ0) is 14.2. The molecule has 0 N–H and O–H groups in total. The number of hydrogen-bond acceptors (Lipinski definition) is 2. The molecular weight excluding hydrogens is 330 g/mol. The monoisotopic (exact) mass is 347 g/mol. The molecule has 2 aromatic rings. The Bertz CT molecular complexity index is 578. The summed E-state index contributed by atoms with van der Waals surface area (Å²) < 4.78 is 0. The van der Waals surface area contributed by atoms with Crippen LogP contribution in [0.2, 0.25) is 0 Å². The Hall–Kier alpha value is -0.930. The lowest BCUT2D eigenvalue weighted by molar-refractivity contribution is 0.436. The number of rotatable bonds is 3. The molecule has 1 aliphatic heterocycles. The molecule has 104 valence electrons. The third-order valence-electron chi connectivity index (χ3n) is 3.48. The number of fused-ring (bicyclic) bond motifs is 2. The van der Waals surface area contributed by atoms with Gasteiger partial charge in [-0.05, 0) is 29.7 Å². The fraction of sp³-hybridized carbons (Fsp3) is 0.294. The van der Waals surface area contributed by atoms with Gasteiger partial charge in [-0.15, -0.1) is 0 Å². The molecule has 3 heteroatoms. The molecular formula is C17H18BrNS. The van der Waals surface area contributed by atoms with Gasteiger partial charge in [-0.1, -0.05) is 65.8 Å². The topological polar surface area (TPSA) is 3.24 Å². The number of hydrogen-bond donors (Lipinski definition) is 0. The first-order valence-corrected chi connectivity index (χ1v) is 8.74. The third kappa shape index (κ3) is 2.61. The Labute approximate surface area is 133 Å². The molecule has 0 radical (unpaired) electrons. The molecule has 20 heavy (non-hydrogen) atoms. The normalized spacial score (nSPS) is 13.8. The summed E-state index contributed by atoms with van der Waals surface area (Å²) in [4.78, 5) is 5.15. The van der Waals surface area contributed by atoms with Crippen LogP contribution in [0.4, 0.5) is 11.4 Å². The maximum Gasteiger partial charge on any atom is 0.0553 e. The molecule has 0 aliphatic carbocycles. The molecule has 3 rings (SSSR count). The smallest absolute Gasteiger partial charge is 0.0553 e. The number of para-hydroxylation sites is 2. The second-order valence-corrected chi connectivity index (χ2v) is 7.57. The average molecular weight is 348 g/mol. The summed E-state index contributed by atoms with van der Waals surface area (Å²) in [6.45, 7) is 5.61. The largest absolute Gasteiger partial charge is 0.339 e. The molecule has 0 saturated heterocycles. The fourth-order valence-corrected chi connectivity index (χ4v) is 3.69. The summed E-state index contributed by atoms with van der Waals surface area (Å²) in [6.07, 6.45) is 0. The van der Waals surface area contributed by atoms with Gasteiger partial charge in [0, 0.05) is 21.7 Å². The van der Waals surface area contributed by atoms with Crippen LogP contribution in [-0.2, 0) is 0 Å². The van der Waals surface area contributed by atoms with Crippen molar-refractivity contribution < 1.29 is 0 Å². The Morgan fingerprint density at radius 1 is 0.950 bits per heavy atom. The van der Waals surface area contributed by atoms with E-state index in [0.717, 1.165) is 11.9 Å². The van der Waals surface area contributed by atoms with Crippen molar-refractivity contribution in [2.45, 2.75) is 23.6 Å². The third-order valence-corrected chi connectivity index (χ3v) is 6.13. The van der Waals surface area contributed by atoms with E-state index in [1.165, 1.54) is 21.2 Å². The molecule has 0 atom stereocenters. The molecule has 0 spiro atoms. The van der Waals surface area contributed by atoms with Crippen molar-refractivity contribution in [2.24, 2.45) is 5.41 Å². The summed E-state index contributed by atoms with van der Waals surface area (Å²) in [7, 11) is 0. The molecule has 0 amide bonds. The minimum Gasteiger partial charge on any atom is -0.339 e. The van der Waals surface area contributed by atoms with Crippen molar-refractivity contribution in [3.8, 4) is 0 Å². The highest BCUT2D eigenvalue weighted by Crippen LogP contribution is 2.48. The Balaban J connectivity index is 2.08.